The van der Waals surface area contributed by atoms with Gasteiger partial charge in [-0.1, -0.05) is 18.5 Å². The smallest absolute Gasteiger partial charge is 0.161 e. The molecule has 0 amide bonds. The molecule has 0 aliphatic carbocycles. The Kier molecular flexibility index (Phi) is 5.47. The highest BCUT2D eigenvalue weighted by molar-refractivity contribution is 6.30. The zero-order valence-corrected chi connectivity index (χ0v) is 12.7. The molecule has 4 nitrogen and oxygen atoms in total. The van der Waals surface area contributed by atoms with Crippen molar-refractivity contribution in [3.63, 3.8) is 0 Å². The number of methoxy groups -OCH3 is 1. The summed E-state index contributed by atoms with van der Waals surface area (Å²) in [4.78, 5) is 8.79. The molecule has 0 aliphatic rings. The number of benzene rings is 1. The summed E-state index contributed by atoms with van der Waals surface area (Å²) >= 11 is 5.70. The summed E-state index contributed by atoms with van der Waals surface area (Å²) in [5, 5.41) is 3.28. The Morgan fingerprint density at radius 2 is 2.10 bits per heavy atom. The molecule has 2 aromatic rings. The van der Waals surface area contributed by atoms with E-state index in [9.17, 15) is 4.39 Å². The zero-order chi connectivity index (χ0) is 15.2. The first kappa shape index (κ1) is 15.7. The van der Waals surface area contributed by atoms with E-state index in [0.717, 1.165) is 18.7 Å². The average Bonchev–Trinajstić information content (AvgIpc) is 2.48. The summed E-state index contributed by atoms with van der Waals surface area (Å²) in [6, 6.07) is 6.35. The highest BCUT2D eigenvalue weighted by Crippen LogP contribution is 2.23. The normalized spacial score (nSPS) is 10.7. The highest BCUT2D eigenvalue weighted by Gasteiger charge is 2.09. The Bertz CT molecular complexity index is 622. The maximum Gasteiger partial charge on any atom is 0.161 e. The van der Waals surface area contributed by atoms with Crippen LogP contribution < -0.4 is 5.32 Å². The van der Waals surface area contributed by atoms with Gasteiger partial charge in [-0.05, 0) is 24.6 Å². The quantitative estimate of drug-likeness (QED) is 0.879. The van der Waals surface area contributed by atoms with Crippen LogP contribution in [0.1, 0.15) is 19.0 Å². The largest absolute Gasteiger partial charge is 0.378 e. The third-order valence-corrected chi connectivity index (χ3v) is 3.11. The molecule has 0 bridgehead atoms. The first-order chi connectivity index (χ1) is 10.1. The van der Waals surface area contributed by atoms with E-state index in [1.54, 1.807) is 13.2 Å². The molecule has 6 heteroatoms. The monoisotopic (exact) mass is 309 g/mol. The Morgan fingerprint density at radius 1 is 1.29 bits per heavy atom. The second-order valence-corrected chi connectivity index (χ2v) is 4.96. The summed E-state index contributed by atoms with van der Waals surface area (Å²) in [6.45, 7) is 3.24. The zero-order valence-electron chi connectivity index (χ0n) is 12.0. The number of ether oxygens (including phenoxy) is 1. The Morgan fingerprint density at radius 3 is 2.76 bits per heavy atom. The van der Waals surface area contributed by atoms with Crippen molar-refractivity contribution in [2.45, 2.75) is 20.0 Å². The Hall–Kier alpha value is -1.72. The molecule has 0 fully saturated rings. The van der Waals surface area contributed by atoms with Gasteiger partial charge in [0.15, 0.2) is 5.82 Å². The molecular weight excluding hydrogens is 293 g/mol. The second kappa shape index (κ2) is 7.33. The van der Waals surface area contributed by atoms with Gasteiger partial charge >= 0.3 is 0 Å². The van der Waals surface area contributed by atoms with Gasteiger partial charge in [-0.2, -0.15) is 0 Å². The molecule has 0 spiro atoms. The van der Waals surface area contributed by atoms with E-state index in [1.807, 2.05) is 6.07 Å². The van der Waals surface area contributed by atoms with Crippen molar-refractivity contribution in [1.29, 1.82) is 0 Å². The molecule has 0 atom stereocenters. The number of nitrogens with one attached hydrogen (secondary N) is 1. The molecular formula is C15H17ClFN3O. The van der Waals surface area contributed by atoms with Gasteiger partial charge in [-0.15, -0.1) is 0 Å². The van der Waals surface area contributed by atoms with Crippen molar-refractivity contribution < 1.29 is 9.13 Å². The van der Waals surface area contributed by atoms with Gasteiger partial charge in [0.05, 0.1) is 17.3 Å². The minimum Gasteiger partial charge on any atom is -0.378 e. The third kappa shape index (κ3) is 4.12. The lowest BCUT2D eigenvalue weighted by Crippen LogP contribution is -2.06. The van der Waals surface area contributed by atoms with Crippen LogP contribution in [0.4, 0.5) is 10.2 Å². The molecule has 0 aliphatic heterocycles. The lowest BCUT2D eigenvalue weighted by atomic mass is 10.2. The van der Waals surface area contributed by atoms with Gasteiger partial charge in [-0.3, -0.25) is 0 Å². The predicted molar refractivity (Wildman–Crippen MR) is 81.9 cm³/mol. The second-order valence-electron chi connectivity index (χ2n) is 4.56. The van der Waals surface area contributed by atoms with Crippen LogP contribution in [-0.2, 0) is 11.3 Å². The Labute approximate surface area is 128 Å². The number of hydrogen-bond acceptors (Lipinski definition) is 4. The molecule has 0 saturated heterocycles. The Balaban J connectivity index is 2.40. The lowest BCUT2D eigenvalue weighted by Gasteiger charge is -2.09. The molecule has 21 heavy (non-hydrogen) atoms. The van der Waals surface area contributed by atoms with Crippen LogP contribution in [0.15, 0.2) is 24.3 Å². The van der Waals surface area contributed by atoms with Gasteiger partial charge < -0.3 is 10.1 Å². The molecule has 2 rings (SSSR count). The minimum atomic E-state index is -0.488. The van der Waals surface area contributed by atoms with Crippen molar-refractivity contribution >= 4 is 17.4 Å². The maximum absolute atomic E-state index is 13.6. The van der Waals surface area contributed by atoms with E-state index < -0.39 is 5.82 Å². The number of rotatable bonds is 6. The first-order valence-corrected chi connectivity index (χ1v) is 7.08. The van der Waals surface area contributed by atoms with Crippen molar-refractivity contribution in [1.82, 2.24) is 9.97 Å². The summed E-state index contributed by atoms with van der Waals surface area (Å²) in [6.07, 6.45) is 0.981. The number of halogens is 2. The van der Waals surface area contributed by atoms with Gasteiger partial charge in [0.25, 0.3) is 0 Å². The fourth-order valence-electron chi connectivity index (χ4n) is 1.83. The molecule has 0 saturated carbocycles. The minimum absolute atomic E-state index is 0.0797. The molecule has 0 radical (unpaired) electrons. The van der Waals surface area contributed by atoms with Crippen LogP contribution in [-0.4, -0.2) is 23.6 Å². The van der Waals surface area contributed by atoms with Crippen LogP contribution in [0.2, 0.25) is 5.02 Å². The molecule has 112 valence electrons. The number of aromatic nitrogens is 2. The summed E-state index contributed by atoms with van der Waals surface area (Å²) in [5.41, 5.74) is 1.31. The average molecular weight is 310 g/mol. The van der Waals surface area contributed by atoms with E-state index in [4.69, 9.17) is 16.3 Å². The van der Waals surface area contributed by atoms with Crippen molar-refractivity contribution in [3.05, 3.63) is 40.8 Å². The number of anilines is 1. The van der Waals surface area contributed by atoms with Gasteiger partial charge in [0, 0.05) is 25.3 Å². The van der Waals surface area contributed by atoms with Gasteiger partial charge in [0.1, 0.15) is 11.6 Å². The topological polar surface area (TPSA) is 47.0 Å². The third-order valence-electron chi connectivity index (χ3n) is 2.81. The fraction of sp³-hybridized carbons (Fsp3) is 0.333. The summed E-state index contributed by atoms with van der Waals surface area (Å²) in [5.74, 6) is 0.654. The van der Waals surface area contributed by atoms with Crippen LogP contribution in [0.25, 0.3) is 11.4 Å². The number of nitrogens with zero attached hydrogens (tertiary/aromatic N) is 2. The summed E-state index contributed by atoms with van der Waals surface area (Å²) in [7, 11) is 1.60. The molecule has 1 aromatic carbocycles. The van der Waals surface area contributed by atoms with Crippen molar-refractivity contribution in [2.24, 2.45) is 0 Å². The number of hydrogen-bond donors (Lipinski definition) is 1. The SMILES string of the molecule is CCCNc1cc(COC)nc(-c2ccc(Cl)c(F)c2)n1. The fourth-order valence-corrected chi connectivity index (χ4v) is 1.94. The van der Waals surface area contributed by atoms with E-state index in [0.29, 0.717) is 23.8 Å². The van der Waals surface area contributed by atoms with Gasteiger partial charge in [-0.25, -0.2) is 14.4 Å². The van der Waals surface area contributed by atoms with E-state index in [2.05, 4.69) is 22.2 Å². The molecule has 0 unspecified atom stereocenters. The maximum atomic E-state index is 13.6. The van der Waals surface area contributed by atoms with Gasteiger partial charge in [0.2, 0.25) is 0 Å². The van der Waals surface area contributed by atoms with Crippen molar-refractivity contribution in [2.75, 3.05) is 19.0 Å². The highest BCUT2D eigenvalue weighted by atomic mass is 35.5. The van der Waals surface area contributed by atoms with Crippen LogP contribution in [0, 0.1) is 5.82 Å². The summed E-state index contributed by atoms with van der Waals surface area (Å²) < 4.78 is 18.7. The first-order valence-electron chi connectivity index (χ1n) is 6.70. The van der Waals surface area contributed by atoms with Crippen molar-refractivity contribution in [3.8, 4) is 11.4 Å². The molecule has 1 N–H and O–H groups in total. The van der Waals surface area contributed by atoms with Crippen LogP contribution in [0.3, 0.4) is 0 Å². The molecule has 1 aromatic heterocycles. The predicted octanol–water partition coefficient (Wildman–Crippen LogP) is 3.90. The van der Waals surface area contributed by atoms with Crippen LogP contribution in [0.5, 0.6) is 0 Å². The van der Waals surface area contributed by atoms with Crippen LogP contribution >= 0.6 is 11.6 Å². The standard InChI is InChI=1S/C15H17ClFN3O/c1-3-6-18-14-8-11(9-21-2)19-15(20-14)10-4-5-12(16)13(17)7-10/h4-5,7-8H,3,6,9H2,1-2H3,(H,18,19,20). The van der Waals surface area contributed by atoms with E-state index in [1.165, 1.54) is 12.1 Å². The molecule has 1 heterocycles. The van der Waals surface area contributed by atoms with E-state index in [-0.39, 0.29) is 5.02 Å². The van der Waals surface area contributed by atoms with E-state index >= 15 is 0 Å². The lowest BCUT2D eigenvalue weighted by molar-refractivity contribution is 0.181.